The summed E-state index contributed by atoms with van der Waals surface area (Å²) in [5, 5.41) is 25.4. The number of aromatic nitrogens is 4. The number of halogens is 2. The standard InChI is InChI=1S/C21H22F2N6O3S/c1-10(30)8-24-17-16-18(27-20(32)19(26-16)25-12-5-6-13(31)7-12)29-21(28-17)33-9-11-3-2-4-14(22)15(11)23/h2-4,7,10,13,30-31H,5-6,8-9H2,1H3,(H,25,26)(H2,24,27,28,29,32)/t10?,13-/m1/s1. The van der Waals surface area contributed by atoms with Crippen LogP contribution < -0.4 is 16.2 Å². The van der Waals surface area contributed by atoms with Crippen LogP contribution in [0.15, 0.2) is 39.9 Å². The molecule has 1 aliphatic rings. The first-order valence-electron chi connectivity index (χ1n) is 10.3. The number of anilines is 2. The molecule has 1 unspecified atom stereocenters. The van der Waals surface area contributed by atoms with Crippen LogP contribution in [0.5, 0.6) is 0 Å². The normalized spacial score (nSPS) is 16.6. The molecular formula is C21H22F2N6O3S. The first-order valence-corrected chi connectivity index (χ1v) is 11.2. The average molecular weight is 477 g/mol. The maximum Gasteiger partial charge on any atom is 0.292 e. The second-order valence-corrected chi connectivity index (χ2v) is 8.56. The summed E-state index contributed by atoms with van der Waals surface area (Å²) in [7, 11) is 0. The number of aliphatic hydroxyl groups excluding tert-OH is 2. The first-order chi connectivity index (χ1) is 15.8. The molecule has 9 nitrogen and oxygen atoms in total. The van der Waals surface area contributed by atoms with Gasteiger partial charge in [-0.15, -0.1) is 0 Å². The number of nitrogens with zero attached hydrogens (tertiary/aromatic N) is 3. The number of nitrogens with one attached hydrogen (secondary N) is 3. The molecule has 3 aromatic rings. The number of hydrogen-bond acceptors (Lipinski definition) is 9. The third-order valence-corrected chi connectivity index (χ3v) is 5.77. The van der Waals surface area contributed by atoms with Gasteiger partial charge in [0.15, 0.2) is 39.6 Å². The Balaban J connectivity index is 1.67. The molecule has 0 saturated heterocycles. The molecule has 0 fully saturated rings. The summed E-state index contributed by atoms with van der Waals surface area (Å²) in [4.78, 5) is 28.3. The van der Waals surface area contributed by atoms with Crippen molar-refractivity contribution in [2.75, 3.05) is 17.2 Å². The molecule has 2 aromatic heterocycles. The van der Waals surface area contributed by atoms with Crippen molar-refractivity contribution in [2.24, 2.45) is 0 Å². The molecule has 1 aromatic carbocycles. The molecule has 12 heteroatoms. The number of aromatic amines is 1. The largest absolute Gasteiger partial charge is 0.392 e. The number of aliphatic hydroxyl groups is 2. The number of fused-ring (bicyclic) bond motifs is 1. The number of hydrogen-bond donors (Lipinski definition) is 5. The number of H-pyrrole nitrogens is 1. The van der Waals surface area contributed by atoms with Gasteiger partial charge in [0.25, 0.3) is 5.56 Å². The highest BCUT2D eigenvalue weighted by atomic mass is 32.2. The van der Waals surface area contributed by atoms with E-state index in [1.807, 2.05) is 0 Å². The monoisotopic (exact) mass is 476 g/mol. The quantitative estimate of drug-likeness (QED) is 0.245. The summed E-state index contributed by atoms with van der Waals surface area (Å²) in [6.45, 7) is 1.76. The molecule has 0 saturated carbocycles. The fourth-order valence-corrected chi connectivity index (χ4v) is 4.05. The van der Waals surface area contributed by atoms with E-state index >= 15 is 0 Å². The Morgan fingerprint density at radius 1 is 1.27 bits per heavy atom. The lowest BCUT2D eigenvalue weighted by Crippen LogP contribution is -2.20. The Bertz CT molecular complexity index is 1270. The molecule has 174 valence electrons. The zero-order chi connectivity index (χ0) is 23.5. The van der Waals surface area contributed by atoms with Gasteiger partial charge < -0.3 is 25.8 Å². The average Bonchev–Trinajstić information content (AvgIpc) is 3.18. The fraction of sp³-hybridized carbons (Fsp3) is 0.333. The summed E-state index contributed by atoms with van der Waals surface area (Å²) in [5.74, 6) is -1.52. The van der Waals surface area contributed by atoms with Crippen molar-refractivity contribution in [3.8, 4) is 0 Å². The van der Waals surface area contributed by atoms with Crippen LogP contribution in [0.3, 0.4) is 0 Å². The maximum atomic E-state index is 14.0. The van der Waals surface area contributed by atoms with Gasteiger partial charge in [0.2, 0.25) is 0 Å². The highest BCUT2D eigenvalue weighted by Gasteiger charge is 2.18. The van der Waals surface area contributed by atoms with E-state index in [1.165, 1.54) is 12.1 Å². The lowest BCUT2D eigenvalue weighted by atomic mass is 10.2. The summed E-state index contributed by atoms with van der Waals surface area (Å²) in [5.41, 5.74) is 0.732. The molecule has 0 bridgehead atoms. The van der Waals surface area contributed by atoms with Crippen molar-refractivity contribution in [1.29, 1.82) is 0 Å². The lowest BCUT2D eigenvalue weighted by molar-refractivity contribution is 0.208. The van der Waals surface area contributed by atoms with Crippen molar-refractivity contribution >= 4 is 34.6 Å². The summed E-state index contributed by atoms with van der Waals surface area (Å²) in [6.07, 6.45) is 1.51. The van der Waals surface area contributed by atoms with Crippen LogP contribution in [0.4, 0.5) is 20.4 Å². The molecule has 1 aliphatic carbocycles. The van der Waals surface area contributed by atoms with Gasteiger partial charge in [0, 0.05) is 23.6 Å². The van der Waals surface area contributed by atoms with E-state index < -0.39 is 29.4 Å². The van der Waals surface area contributed by atoms with Gasteiger partial charge in [0.1, 0.15) is 0 Å². The zero-order valence-electron chi connectivity index (χ0n) is 17.6. The molecule has 2 heterocycles. The number of thioether (sulfide) groups is 1. The number of benzene rings is 1. The van der Waals surface area contributed by atoms with Gasteiger partial charge >= 0.3 is 0 Å². The third kappa shape index (κ3) is 5.46. The first kappa shape index (κ1) is 23.1. The molecule has 2 atom stereocenters. The maximum absolute atomic E-state index is 14.0. The van der Waals surface area contributed by atoms with E-state index in [0.29, 0.717) is 18.5 Å². The van der Waals surface area contributed by atoms with Crippen molar-refractivity contribution in [1.82, 2.24) is 19.9 Å². The smallest absolute Gasteiger partial charge is 0.292 e. The number of allylic oxidation sites excluding steroid dienone is 1. The fourth-order valence-electron chi connectivity index (χ4n) is 3.23. The van der Waals surface area contributed by atoms with Crippen LogP contribution in [-0.4, -0.2) is 48.9 Å². The van der Waals surface area contributed by atoms with Gasteiger partial charge in [-0.05, 0) is 31.9 Å². The highest BCUT2D eigenvalue weighted by Crippen LogP contribution is 2.27. The summed E-state index contributed by atoms with van der Waals surface area (Å²) >= 11 is 1.06. The molecular weight excluding hydrogens is 454 g/mol. The third-order valence-electron chi connectivity index (χ3n) is 4.87. The number of rotatable bonds is 8. The summed E-state index contributed by atoms with van der Waals surface area (Å²) < 4.78 is 27.5. The van der Waals surface area contributed by atoms with E-state index in [0.717, 1.165) is 17.8 Å². The van der Waals surface area contributed by atoms with Gasteiger partial charge in [-0.25, -0.2) is 23.7 Å². The lowest BCUT2D eigenvalue weighted by Gasteiger charge is -2.13. The Hall–Kier alpha value is -3.09. The van der Waals surface area contributed by atoms with Gasteiger partial charge in [0.05, 0.1) is 12.2 Å². The molecule has 33 heavy (non-hydrogen) atoms. The van der Waals surface area contributed by atoms with Crippen LogP contribution in [0, 0.1) is 11.6 Å². The molecule has 0 aliphatic heterocycles. The Morgan fingerprint density at radius 2 is 2.09 bits per heavy atom. The van der Waals surface area contributed by atoms with Crippen LogP contribution in [0.1, 0.15) is 25.3 Å². The second kappa shape index (κ2) is 9.81. The molecule has 0 amide bonds. The van der Waals surface area contributed by atoms with Gasteiger partial charge in [-0.2, -0.15) is 0 Å². The van der Waals surface area contributed by atoms with Gasteiger partial charge in [-0.1, -0.05) is 23.9 Å². The van der Waals surface area contributed by atoms with Crippen LogP contribution in [0.25, 0.3) is 11.2 Å². The minimum atomic E-state index is -0.940. The predicted octanol–water partition coefficient (Wildman–Crippen LogP) is 2.53. The Labute approximate surface area is 191 Å². The summed E-state index contributed by atoms with van der Waals surface area (Å²) in [6, 6.07) is 3.92. The second-order valence-electron chi connectivity index (χ2n) is 7.62. The Kier molecular flexibility index (Phi) is 6.86. The van der Waals surface area contributed by atoms with E-state index in [-0.39, 0.29) is 45.8 Å². The molecule has 5 N–H and O–H groups in total. The van der Waals surface area contributed by atoms with Crippen LogP contribution in [-0.2, 0) is 5.75 Å². The van der Waals surface area contributed by atoms with Crippen molar-refractivity contribution in [3.05, 3.63) is 57.5 Å². The molecule has 0 radical (unpaired) electrons. The minimum Gasteiger partial charge on any atom is -0.392 e. The SMILES string of the molecule is CC(O)CNc1nc(SCc2cccc(F)c2F)nc2[nH]c(=O)c(NC3=C[C@H](O)CC3)nc12. The van der Waals surface area contributed by atoms with Crippen molar-refractivity contribution < 1.29 is 19.0 Å². The van der Waals surface area contributed by atoms with Gasteiger partial charge in [-0.3, -0.25) is 4.79 Å². The highest BCUT2D eigenvalue weighted by molar-refractivity contribution is 7.98. The van der Waals surface area contributed by atoms with Crippen LogP contribution >= 0.6 is 11.8 Å². The minimum absolute atomic E-state index is 0.0220. The molecule has 4 rings (SSSR count). The zero-order valence-corrected chi connectivity index (χ0v) is 18.4. The van der Waals surface area contributed by atoms with Crippen LogP contribution in [0.2, 0.25) is 0 Å². The van der Waals surface area contributed by atoms with E-state index in [2.05, 4.69) is 30.6 Å². The van der Waals surface area contributed by atoms with E-state index in [1.54, 1.807) is 13.0 Å². The van der Waals surface area contributed by atoms with Crippen molar-refractivity contribution in [2.45, 2.75) is 42.9 Å². The Morgan fingerprint density at radius 3 is 2.82 bits per heavy atom. The van der Waals surface area contributed by atoms with E-state index in [9.17, 15) is 23.8 Å². The topological polar surface area (TPSA) is 136 Å². The van der Waals surface area contributed by atoms with Crippen molar-refractivity contribution in [3.63, 3.8) is 0 Å². The van der Waals surface area contributed by atoms with E-state index in [4.69, 9.17) is 0 Å². The molecule has 0 spiro atoms. The predicted molar refractivity (Wildman–Crippen MR) is 121 cm³/mol.